The number of anilines is 2. The highest BCUT2D eigenvalue weighted by molar-refractivity contribution is 7.13. The van der Waals surface area contributed by atoms with Crippen molar-refractivity contribution in [3.05, 3.63) is 23.6 Å². The molecule has 2 aromatic rings. The summed E-state index contributed by atoms with van der Waals surface area (Å²) in [5, 5.41) is 2.59. The molecule has 5 heteroatoms. The SMILES string of the molecule is CCN1CC(C)(C)Oc2ccc(-c3csc(N)n3)cc21. The van der Waals surface area contributed by atoms with Gasteiger partial charge in [0, 0.05) is 17.5 Å². The van der Waals surface area contributed by atoms with Crippen LogP contribution in [0, 0.1) is 0 Å². The highest BCUT2D eigenvalue weighted by atomic mass is 32.1. The summed E-state index contributed by atoms with van der Waals surface area (Å²) in [6.07, 6.45) is 0. The third-order valence-electron chi connectivity index (χ3n) is 3.46. The molecular formula is C15H19N3OS. The predicted molar refractivity (Wildman–Crippen MR) is 84.6 cm³/mol. The molecule has 2 heterocycles. The van der Waals surface area contributed by atoms with Gasteiger partial charge in [0.1, 0.15) is 11.4 Å². The Hall–Kier alpha value is -1.75. The molecule has 3 rings (SSSR count). The first-order chi connectivity index (χ1) is 9.48. The van der Waals surface area contributed by atoms with E-state index in [1.807, 2.05) is 17.5 Å². The number of nitrogens with zero attached hydrogens (tertiary/aromatic N) is 2. The first-order valence-electron chi connectivity index (χ1n) is 6.78. The molecule has 0 radical (unpaired) electrons. The molecule has 4 nitrogen and oxygen atoms in total. The van der Waals surface area contributed by atoms with Gasteiger partial charge in [0.05, 0.1) is 17.9 Å². The van der Waals surface area contributed by atoms with Gasteiger partial charge >= 0.3 is 0 Å². The molecule has 0 saturated carbocycles. The van der Waals surface area contributed by atoms with Crippen LogP contribution in [-0.4, -0.2) is 23.7 Å². The summed E-state index contributed by atoms with van der Waals surface area (Å²) in [5.74, 6) is 0.940. The minimum Gasteiger partial charge on any atom is -0.484 e. The third-order valence-corrected chi connectivity index (χ3v) is 4.13. The normalized spacial score (nSPS) is 16.6. The topological polar surface area (TPSA) is 51.4 Å². The lowest BCUT2D eigenvalue weighted by atomic mass is 10.0. The largest absolute Gasteiger partial charge is 0.484 e. The summed E-state index contributed by atoms with van der Waals surface area (Å²) < 4.78 is 6.06. The van der Waals surface area contributed by atoms with Crippen LogP contribution in [-0.2, 0) is 0 Å². The summed E-state index contributed by atoms with van der Waals surface area (Å²) in [4.78, 5) is 6.69. The molecule has 0 unspecified atom stereocenters. The van der Waals surface area contributed by atoms with Crippen LogP contribution in [0.5, 0.6) is 5.75 Å². The van der Waals surface area contributed by atoms with Crippen molar-refractivity contribution in [3.8, 4) is 17.0 Å². The first-order valence-corrected chi connectivity index (χ1v) is 7.66. The summed E-state index contributed by atoms with van der Waals surface area (Å²) in [6, 6.07) is 6.22. The van der Waals surface area contributed by atoms with Gasteiger partial charge in [0.15, 0.2) is 5.13 Å². The minimum atomic E-state index is -0.157. The molecule has 106 valence electrons. The number of nitrogens with two attached hydrogens (primary N) is 1. The molecule has 0 amide bonds. The quantitative estimate of drug-likeness (QED) is 0.920. The van der Waals surface area contributed by atoms with Crippen LogP contribution in [0.1, 0.15) is 20.8 Å². The van der Waals surface area contributed by atoms with Gasteiger partial charge in [-0.1, -0.05) is 0 Å². The van der Waals surface area contributed by atoms with Crippen LogP contribution in [0.4, 0.5) is 10.8 Å². The molecule has 0 aliphatic carbocycles. The maximum absolute atomic E-state index is 6.06. The number of rotatable bonds is 2. The summed E-state index contributed by atoms with van der Waals surface area (Å²) in [6.45, 7) is 8.25. The smallest absolute Gasteiger partial charge is 0.180 e. The zero-order valence-corrected chi connectivity index (χ0v) is 12.8. The van der Waals surface area contributed by atoms with Crippen molar-refractivity contribution in [1.82, 2.24) is 4.98 Å². The van der Waals surface area contributed by atoms with Gasteiger partial charge in [-0.2, -0.15) is 0 Å². The molecule has 1 aromatic carbocycles. The maximum atomic E-state index is 6.06. The summed E-state index contributed by atoms with van der Waals surface area (Å²) in [7, 11) is 0. The van der Waals surface area contributed by atoms with E-state index in [4.69, 9.17) is 10.5 Å². The molecule has 1 aromatic heterocycles. The van der Waals surface area contributed by atoms with E-state index in [1.165, 1.54) is 11.3 Å². The van der Waals surface area contributed by atoms with E-state index in [9.17, 15) is 0 Å². The van der Waals surface area contributed by atoms with Crippen molar-refractivity contribution in [2.45, 2.75) is 26.4 Å². The molecule has 2 N–H and O–H groups in total. The van der Waals surface area contributed by atoms with Gasteiger partial charge in [0.25, 0.3) is 0 Å². The Morgan fingerprint density at radius 3 is 2.90 bits per heavy atom. The molecular weight excluding hydrogens is 270 g/mol. The van der Waals surface area contributed by atoms with E-state index in [-0.39, 0.29) is 5.60 Å². The van der Waals surface area contributed by atoms with E-state index in [1.54, 1.807) is 0 Å². The Kier molecular flexibility index (Phi) is 3.09. The van der Waals surface area contributed by atoms with Crippen LogP contribution >= 0.6 is 11.3 Å². The third kappa shape index (κ3) is 2.33. The second-order valence-corrected chi connectivity index (χ2v) is 6.52. The first kappa shape index (κ1) is 13.2. The highest BCUT2D eigenvalue weighted by Crippen LogP contribution is 2.39. The fourth-order valence-corrected chi connectivity index (χ4v) is 3.16. The Morgan fingerprint density at radius 1 is 1.45 bits per heavy atom. The van der Waals surface area contributed by atoms with Crippen LogP contribution < -0.4 is 15.4 Å². The van der Waals surface area contributed by atoms with Gasteiger partial charge in [-0.3, -0.25) is 0 Å². The van der Waals surface area contributed by atoms with Crippen molar-refractivity contribution < 1.29 is 4.74 Å². The fraction of sp³-hybridized carbons (Fsp3) is 0.400. The van der Waals surface area contributed by atoms with Crippen molar-refractivity contribution in [1.29, 1.82) is 0 Å². The number of benzene rings is 1. The van der Waals surface area contributed by atoms with Gasteiger partial charge in [-0.15, -0.1) is 11.3 Å². The number of hydrogen-bond acceptors (Lipinski definition) is 5. The summed E-state index contributed by atoms with van der Waals surface area (Å²) in [5.41, 5.74) is 8.70. The summed E-state index contributed by atoms with van der Waals surface area (Å²) >= 11 is 1.46. The van der Waals surface area contributed by atoms with E-state index >= 15 is 0 Å². The average molecular weight is 289 g/mol. The molecule has 0 atom stereocenters. The number of hydrogen-bond donors (Lipinski definition) is 1. The molecule has 0 fully saturated rings. The maximum Gasteiger partial charge on any atom is 0.180 e. The second kappa shape index (κ2) is 4.66. The van der Waals surface area contributed by atoms with E-state index in [0.717, 1.165) is 35.8 Å². The molecule has 20 heavy (non-hydrogen) atoms. The molecule has 1 aliphatic rings. The lowest BCUT2D eigenvalue weighted by Crippen LogP contribution is -2.46. The number of thiazole rings is 1. The average Bonchev–Trinajstić information content (AvgIpc) is 2.83. The van der Waals surface area contributed by atoms with E-state index in [2.05, 4.69) is 36.7 Å². The van der Waals surface area contributed by atoms with Gasteiger partial charge < -0.3 is 15.4 Å². The fourth-order valence-electron chi connectivity index (χ4n) is 2.59. The number of likely N-dealkylation sites (N-methyl/N-ethyl adjacent to an activating group) is 1. The predicted octanol–water partition coefficient (Wildman–Crippen LogP) is 3.39. The van der Waals surface area contributed by atoms with Crippen molar-refractivity contribution >= 4 is 22.2 Å². The Morgan fingerprint density at radius 2 is 2.25 bits per heavy atom. The van der Waals surface area contributed by atoms with Gasteiger partial charge in [-0.25, -0.2) is 4.98 Å². The van der Waals surface area contributed by atoms with Crippen molar-refractivity contribution in [3.63, 3.8) is 0 Å². The van der Waals surface area contributed by atoms with Crippen molar-refractivity contribution in [2.24, 2.45) is 0 Å². The second-order valence-electron chi connectivity index (χ2n) is 5.63. The number of aromatic nitrogens is 1. The van der Waals surface area contributed by atoms with Crippen LogP contribution in [0.25, 0.3) is 11.3 Å². The Labute approximate surface area is 123 Å². The van der Waals surface area contributed by atoms with E-state index < -0.39 is 0 Å². The van der Waals surface area contributed by atoms with Gasteiger partial charge in [0.2, 0.25) is 0 Å². The molecule has 0 bridgehead atoms. The highest BCUT2D eigenvalue weighted by Gasteiger charge is 2.31. The van der Waals surface area contributed by atoms with Crippen LogP contribution in [0.15, 0.2) is 23.6 Å². The Bertz CT molecular complexity index is 636. The number of nitrogen functional groups attached to an aromatic ring is 1. The van der Waals surface area contributed by atoms with Crippen LogP contribution in [0.3, 0.4) is 0 Å². The Balaban J connectivity index is 2.04. The standard InChI is InChI=1S/C15H19N3OS/c1-4-18-9-15(2,3)19-13-6-5-10(7-12(13)18)11-8-20-14(16)17-11/h5-8H,4,9H2,1-3H3,(H2,16,17). The van der Waals surface area contributed by atoms with Crippen LogP contribution in [0.2, 0.25) is 0 Å². The van der Waals surface area contributed by atoms with Crippen molar-refractivity contribution in [2.75, 3.05) is 23.7 Å². The zero-order valence-electron chi connectivity index (χ0n) is 12.0. The molecule has 1 aliphatic heterocycles. The lowest BCUT2D eigenvalue weighted by Gasteiger charge is -2.40. The molecule has 0 spiro atoms. The number of ether oxygens (including phenoxy) is 1. The lowest BCUT2D eigenvalue weighted by molar-refractivity contribution is 0.105. The number of fused-ring (bicyclic) bond motifs is 1. The van der Waals surface area contributed by atoms with Gasteiger partial charge in [-0.05, 0) is 39.0 Å². The molecule has 0 saturated heterocycles. The minimum absolute atomic E-state index is 0.157. The zero-order chi connectivity index (χ0) is 14.3. The monoisotopic (exact) mass is 289 g/mol. The van der Waals surface area contributed by atoms with E-state index in [0.29, 0.717) is 5.13 Å².